The van der Waals surface area contributed by atoms with Crippen LogP contribution in [0.2, 0.25) is 0 Å². The van der Waals surface area contributed by atoms with Crippen molar-refractivity contribution in [2.45, 2.75) is 130 Å². The standard InChI is InChI=1S/C30H34N2O3S.C29H32N2O3S.C26H31N3O3/c1-22-9-8-11-26(19-22)24-13-15-25(16-14-24)30-27-20-31(17-6-7-18-32(27)28(30)21-35-3)36(33,34)29-12-5-4-10-23(29)2;1-21-8-7-10-25(18-21)23-12-14-24(15-13-23)29-26-19-30(16-5-6-17-31(26)27(29)20-32)35(33,34)28-11-4-3-9-22(28)2;1-17-6-2-5-9-21(17)18-10-12-19(13-11-18)25-22-14-28(15-24(31)29(22)23(25)16-30)26(32)27-20-7-3-4-8-20/h4-16,19,27-28,30H,17-18,20-21H2,1-3H3;3-15,18,26-27,29,32H,16-17,19-20H2,1-2H3;2,5-6,9-13,20,22-23,25,30H,3-4,7-8,14-16H2,1H3,(H,27,32)/b7-6-;6-5-;/t27-,28+,30-;26-,27+,29-;22-,23-,25+/m000/s1. The quantitative estimate of drug-likeness (QED) is 0.0830. The van der Waals surface area contributed by atoms with Crippen molar-refractivity contribution in [1.29, 1.82) is 0 Å². The third-order valence-electron chi connectivity index (χ3n) is 22.4. The maximum atomic E-state index is 13.7. The van der Waals surface area contributed by atoms with E-state index < -0.39 is 20.0 Å². The molecular formula is C85H97N7O9S2. The highest BCUT2D eigenvalue weighted by atomic mass is 32.2. The van der Waals surface area contributed by atoms with E-state index in [1.807, 2.05) is 68.5 Å². The van der Waals surface area contributed by atoms with Crippen molar-refractivity contribution >= 4 is 32.0 Å². The minimum atomic E-state index is -3.64. The Balaban J connectivity index is 0.000000138. The third-order valence-corrected chi connectivity index (χ3v) is 26.4. The van der Waals surface area contributed by atoms with E-state index in [0.29, 0.717) is 55.7 Å². The minimum Gasteiger partial charge on any atom is -0.395 e. The molecule has 8 aromatic rings. The van der Waals surface area contributed by atoms with Gasteiger partial charge < -0.3 is 30.1 Å². The number of piperazine rings is 1. The van der Waals surface area contributed by atoms with Crippen molar-refractivity contribution in [1.82, 2.24) is 33.5 Å². The van der Waals surface area contributed by atoms with Crippen molar-refractivity contribution < 1.29 is 41.4 Å². The smallest absolute Gasteiger partial charge is 0.318 e. The number of aryl methyl sites for hydroxylation is 5. The lowest BCUT2D eigenvalue weighted by Gasteiger charge is -2.58. The van der Waals surface area contributed by atoms with Gasteiger partial charge in [0.05, 0.1) is 41.7 Å². The van der Waals surface area contributed by atoms with Gasteiger partial charge in [-0.15, -0.1) is 0 Å². The molecule has 3 amide bonds. The molecule has 0 radical (unpaired) electrons. The predicted molar refractivity (Wildman–Crippen MR) is 408 cm³/mol. The van der Waals surface area contributed by atoms with Crippen LogP contribution in [-0.2, 0) is 29.6 Å². The van der Waals surface area contributed by atoms with Crippen LogP contribution in [0.4, 0.5) is 4.79 Å². The first kappa shape index (κ1) is 72.9. The monoisotopic (exact) mass is 1420 g/mol. The Bertz CT molecular complexity index is 4600. The summed E-state index contributed by atoms with van der Waals surface area (Å²) in [5.41, 5.74) is 15.8. The number of sulfonamides is 2. The molecule has 8 aromatic carbocycles. The zero-order valence-corrected chi connectivity index (χ0v) is 61.5. The van der Waals surface area contributed by atoms with Crippen LogP contribution in [0.3, 0.4) is 0 Å². The fourth-order valence-electron chi connectivity index (χ4n) is 17.0. The van der Waals surface area contributed by atoms with Crippen LogP contribution >= 0.6 is 0 Å². The maximum Gasteiger partial charge on any atom is 0.318 e. The lowest BCUT2D eigenvalue weighted by molar-refractivity contribution is -0.159. The molecule has 15 rings (SSSR count). The first-order valence-corrected chi connectivity index (χ1v) is 39.2. The number of aliphatic hydroxyl groups is 2. The van der Waals surface area contributed by atoms with Crippen LogP contribution in [0.15, 0.2) is 228 Å². The molecular weight excluding hydrogens is 1330 g/mol. The third kappa shape index (κ3) is 15.3. The molecule has 0 aromatic heterocycles. The summed E-state index contributed by atoms with van der Waals surface area (Å²) in [5.74, 6) is 0.205. The predicted octanol–water partition coefficient (Wildman–Crippen LogP) is 12.7. The molecule has 3 N–H and O–H groups in total. The summed E-state index contributed by atoms with van der Waals surface area (Å²) >= 11 is 0. The Labute approximate surface area is 609 Å². The normalized spacial score (nSPS) is 24.4. The molecule has 1 saturated carbocycles. The molecule has 538 valence electrons. The van der Waals surface area contributed by atoms with Crippen molar-refractivity contribution in [3.05, 3.63) is 263 Å². The van der Waals surface area contributed by atoms with E-state index >= 15 is 0 Å². The molecule has 0 spiro atoms. The zero-order chi connectivity index (χ0) is 72.1. The molecule has 6 aliphatic heterocycles. The Morgan fingerprint density at radius 1 is 0.476 bits per heavy atom. The van der Waals surface area contributed by atoms with Crippen molar-refractivity contribution in [2.24, 2.45) is 0 Å². The Morgan fingerprint density at radius 2 is 0.913 bits per heavy atom. The van der Waals surface area contributed by atoms with Crippen LogP contribution in [0.5, 0.6) is 0 Å². The molecule has 1 aliphatic carbocycles. The van der Waals surface area contributed by atoms with Gasteiger partial charge in [-0.2, -0.15) is 8.61 Å². The highest BCUT2D eigenvalue weighted by Gasteiger charge is 2.55. The van der Waals surface area contributed by atoms with Gasteiger partial charge >= 0.3 is 6.03 Å². The molecule has 0 unspecified atom stereocenters. The van der Waals surface area contributed by atoms with Gasteiger partial charge in [0.25, 0.3) is 0 Å². The number of urea groups is 1. The summed E-state index contributed by atoms with van der Waals surface area (Å²) < 4.78 is 63.4. The summed E-state index contributed by atoms with van der Waals surface area (Å²) in [6, 6.07) is 65.4. The summed E-state index contributed by atoms with van der Waals surface area (Å²) in [5, 5.41) is 23.4. The number of nitrogens with one attached hydrogen (secondary N) is 1. The van der Waals surface area contributed by atoms with Crippen molar-refractivity contribution in [3.63, 3.8) is 0 Å². The largest absolute Gasteiger partial charge is 0.395 e. The van der Waals surface area contributed by atoms with Gasteiger partial charge in [0.15, 0.2) is 0 Å². The van der Waals surface area contributed by atoms with E-state index in [-0.39, 0.29) is 91.7 Å². The molecule has 16 nitrogen and oxygen atoms in total. The molecule has 7 aliphatic rings. The van der Waals surface area contributed by atoms with E-state index in [2.05, 4.69) is 175 Å². The Morgan fingerprint density at radius 3 is 1.38 bits per heavy atom. The number of methoxy groups -OCH3 is 1. The SMILES string of the molecule is COC[C@@H]1[C@@H](c2ccc(-c3cccc(C)c3)cc2)[C@@H]2CN(S(=O)(=O)c3ccccc3C)C/C=C\CN12.Cc1cccc(-c2ccc([C@@H]3[C@@H](CO)N4C/C=C\CN(S(=O)(=O)c5ccccc5C)C[C@@H]34)cc2)c1.Cc1ccccc1-c1ccc([C@H]2[C@H](CO)N3C(=O)CN(C(=O)NC4CCCC4)C[C@@H]23)cc1. The van der Waals surface area contributed by atoms with E-state index in [1.165, 1.54) is 44.5 Å². The minimum absolute atomic E-state index is 0.000660. The highest BCUT2D eigenvalue weighted by Crippen LogP contribution is 2.46. The van der Waals surface area contributed by atoms with Gasteiger partial charge in [-0.05, 0) is 126 Å². The van der Waals surface area contributed by atoms with E-state index in [0.717, 1.165) is 65.6 Å². The van der Waals surface area contributed by atoms with Crippen LogP contribution in [0.1, 0.15) is 87.9 Å². The number of amides is 3. The average molecular weight is 1420 g/mol. The number of ether oxygens (including phenoxy) is 1. The second-order valence-corrected chi connectivity index (χ2v) is 32.7. The number of carbonyl (C=O) groups is 2. The summed E-state index contributed by atoms with van der Waals surface area (Å²) in [6.07, 6.45) is 12.3. The van der Waals surface area contributed by atoms with Gasteiger partial charge in [-0.25, -0.2) is 21.6 Å². The first-order chi connectivity index (χ1) is 49.9. The number of hydrogen-bond acceptors (Lipinski definition) is 11. The average Bonchev–Trinajstić information content (AvgIpc) is 1.21. The fraction of sp³-hybridized carbons (Fsp3) is 0.365. The van der Waals surface area contributed by atoms with Crippen molar-refractivity contribution in [3.8, 4) is 33.4 Å². The number of fused-ring (bicyclic) bond motifs is 3. The number of hydrogen-bond donors (Lipinski definition) is 3. The van der Waals surface area contributed by atoms with Gasteiger partial charge in [0.2, 0.25) is 26.0 Å². The summed E-state index contributed by atoms with van der Waals surface area (Å²) in [4.78, 5) is 34.4. The number of benzene rings is 8. The number of nitrogens with zero attached hydrogens (tertiary/aromatic N) is 6. The van der Waals surface area contributed by atoms with Crippen molar-refractivity contribution in [2.75, 3.05) is 79.3 Å². The van der Waals surface area contributed by atoms with E-state index in [1.54, 1.807) is 49.8 Å². The van der Waals surface area contributed by atoms with Crippen LogP contribution in [0.25, 0.3) is 33.4 Å². The second-order valence-electron chi connectivity index (χ2n) is 28.8. The first-order valence-electron chi connectivity index (χ1n) is 36.4. The molecule has 0 bridgehead atoms. The molecule has 103 heavy (non-hydrogen) atoms. The van der Waals surface area contributed by atoms with E-state index in [9.17, 15) is 36.6 Å². The maximum absolute atomic E-state index is 13.7. The van der Waals surface area contributed by atoms with Gasteiger partial charge in [0.1, 0.15) is 6.54 Å². The molecule has 6 heterocycles. The molecule has 4 saturated heterocycles. The summed E-state index contributed by atoms with van der Waals surface area (Å²) in [7, 11) is -5.52. The zero-order valence-electron chi connectivity index (χ0n) is 59.9. The lowest BCUT2D eigenvalue weighted by Crippen LogP contribution is -2.74. The number of carbonyl (C=O) groups excluding carboxylic acids is 2. The van der Waals surface area contributed by atoms with Crippen LogP contribution < -0.4 is 5.32 Å². The molecule has 5 fully saturated rings. The molecule has 9 atom stereocenters. The second kappa shape index (κ2) is 31.9. The fourth-order valence-corrected chi connectivity index (χ4v) is 20.3. The number of rotatable bonds is 15. The van der Waals surface area contributed by atoms with Crippen LogP contribution in [-0.4, -0.2) is 189 Å². The highest BCUT2D eigenvalue weighted by molar-refractivity contribution is 7.89. The van der Waals surface area contributed by atoms with Gasteiger partial charge in [-0.3, -0.25) is 14.6 Å². The Hall–Kier alpha value is -8.40. The summed E-state index contributed by atoms with van der Waals surface area (Å²) in [6.45, 7) is 14.3. The topological polar surface area (TPSA) is 184 Å². The van der Waals surface area contributed by atoms with Crippen LogP contribution in [0, 0.1) is 34.6 Å². The van der Waals surface area contributed by atoms with Gasteiger partial charge in [0, 0.05) is 101 Å². The van der Waals surface area contributed by atoms with E-state index in [4.69, 9.17) is 4.74 Å². The molecule has 18 heteroatoms. The lowest BCUT2D eigenvalue weighted by atomic mass is 9.73. The number of aliphatic hydroxyl groups excluding tert-OH is 2. The van der Waals surface area contributed by atoms with Gasteiger partial charge in [-0.1, -0.05) is 230 Å². The Kier molecular flexibility index (Phi) is 22.6.